The van der Waals surface area contributed by atoms with Crippen molar-refractivity contribution in [2.75, 3.05) is 13.3 Å². The van der Waals surface area contributed by atoms with Crippen molar-refractivity contribution in [1.29, 1.82) is 0 Å². The van der Waals surface area contributed by atoms with Gasteiger partial charge in [0, 0.05) is 5.56 Å². The lowest BCUT2D eigenvalue weighted by Crippen LogP contribution is -2.05. The van der Waals surface area contributed by atoms with Crippen molar-refractivity contribution >= 4 is 0 Å². The summed E-state index contributed by atoms with van der Waals surface area (Å²) in [5.74, 6) is 1.72. The first-order valence-corrected chi connectivity index (χ1v) is 4.41. The average molecular weight is 179 g/mol. The van der Waals surface area contributed by atoms with Crippen LogP contribution in [0.4, 0.5) is 0 Å². The van der Waals surface area contributed by atoms with Crippen molar-refractivity contribution in [2.45, 2.75) is 13.3 Å². The molecule has 0 aromatic heterocycles. The zero-order valence-electron chi connectivity index (χ0n) is 7.67. The molecule has 0 bridgehead atoms. The molecular formula is C10H13NO2. The Morgan fingerprint density at radius 1 is 1.38 bits per heavy atom. The number of benzene rings is 1. The first-order valence-electron chi connectivity index (χ1n) is 4.41. The SMILES string of the molecule is Cc1ccc2c(c1CCN)OCO2. The van der Waals surface area contributed by atoms with Gasteiger partial charge in [-0.1, -0.05) is 6.07 Å². The number of hydrogen-bond donors (Lipinski definition) is 1. The molecule has 0 saturated heterocycles. The molecule has 1 heterocycles. The molecule has 70 valence electrons. The summed E-state index contributed by atoms with van der Waals surface area (Å²) in [6.07, 6.45) is 0.846. The van der Waals surface area contributed by atoms with Gasteiger partial charge < -0.3 is 15.2 Å². The first kappa shape index (κ1) is 8.38. The lowest BCUT2D eigenvalue weighted by atomic mass is 10.0. The number of nitrogens with two attached hydrogens (primary N) is 1. The van der Waals surface area contributed by atoms with Gasteiger partial charge in [-0.2, -0.15) is 0 Å². The molecule has 1 aromatic carbocycles. The molecule has 2 rings (SSSR count). The van der Waals surface area contributed by atoms with Gasteiger partial charge in [0.15, 0.2) is 11.5 Å². The first-order chi connectivity index (χ1) is 6.33. The van der Waals surface area contributed by atoms with Crippen LogP contribution in [-0.2, 0) is 6.42 Å². The second kappa shape index (κ2) is 3.26. The van der Waals surface area contributed by atoms with Gasteiger partial charge in [0.1, 0.15) is 0 Å². The lowest BCUT2D eigenvalue weighted by molar-refractivity contribution is 0.173. The molecule has 2 N–H and O–H groups in total. The Balaban J connectivity index is 2.45. The molecule has 1 aromatic rings. The number of fused-ring (bicyclic) bond motifs is 1. The van der Waals surface area contributed by atoms with E-state index in [1.807, 2.05) is 12.1 Å². The van der Waals surface area contributed by atoms with E-state index in [4.69, 9.17) is 15.2 Å². The highest BCUT2D eigenvalue weighted by Crippen LogP contribution is 2.37. The van der Waals surface area contributed by atoms with Crippen LogP contribution in [0, 0.1) is 6.92 Å². The normalized spacial score (nSPS) is 13.4. The Labute approximate surface area is 77.5 Å². The summed E-state index contributed by atoms with van der Waals surface area (Å²) >= 11 is 0. The van der Waals surface area contributed by atoms with E-state index in [1.165, 1.54) is 11.1 Å². The van der Waals surface area contributed by atoms with Gasteiger partial charge in [0.2, 0.25) is 6.79 Å². The molecule has 0 atom stereocenters. The third-order valence-electron chi connectivity index (χ3n) is 2.27. The Morgan fingerprint density at radius 2 is 2.23 bits per heavy atom. The largest absolute Gasteiger partial charge is 0.454 e. The molecule has 3 heteroatoms. The summed E-state index contributed by atoms with van der Waals surface area (Å²) < 4.78 is 10.7. The minimum Gasteiger partial charge on any atom is -0.454 e. The number of hydrogen-bond acceptors (Lipinski definition) is 3. The van der Waals surface area contributed by atoms with Crippen molar-refractivity contribution in [3.63, 3.8) is 0 Å². The van der Waals surface area contributed by atoms with Gasteiger partial charge in [-0.3, -0.25) is 0 Å². The van der Waals surface area contributed by atoms with Crippen molar-refractivity contribution in [3.05, 3.63) is 23.3 Å². The highest BCUT2D eigenvalue weighted by molar-refractivity contribution is 5.51. The molecule has 0 radical (unpaired) electrons. The van der Waals surface area contributed by atoms with Crippen LogP contribution in [0.1, 0.15) is 11.1 Å². The van der Waals surface area contributed by atoms with E-state index in [1.54, 1.807) is 0 Å². The van der Waals surface area contributed by atoms with Crippen molar-refractivity contribution in [1.82, 2.24) is 0 Å². The Morgan fingerprint density at radius 3 is 3.00 bits per heavy atom. The van der Waals surface area contributed by atoms with E-state index in [0.717, 1.165) is 17.9 Å². The average Bonchev–Trinajstić information content (AvgIpc) is 2.58. The lowest BCUT2D eigenvalue weighted by Gasteiger charge is -2.07. The maximum atomic E-state index is 5.53. The maximum Gasteiger partial charge on any atom is 0.231 e. The van der Waals surface area contributed by atoms with Crippen LogP contribution in [0.3, 0.4) is 0 Å². The van der Waals surface area contributed by atoms with E-state index in [0.29, 0.717) is 13.3 Å². The Hall–Kier alpha value is -1.22. The van der Waals surface area contributed by atoms with E-state index in [-0.39, 0.29) is 0 Å². The minimum atomic E-state index is 0.330. The Bertz CT molecular complexity index is 323. The van der Waals surface area contributed by atoms with Crippen molar-refractivity contribution in [2.24, 2.45) is 5.73 Å². The van der Waals surface area contributed by atoms with E-state index in [2.05, 4.69) is 6.92 Å². The molecule has 13 heavy (non-hydrogen) atoms. The number of rotatable bonds is 2. The summed E-state index contributed by atoms with van der Waals surface area (Å²) in [6.45, 7) is 3.03. The topological polar surface area (TPSA) is 44.5 Å². The molecule has 0 unspecified atom stereocenters. The van der Waals surface area contributed by atoms with E-state index < -0.39 is 0 Å². The molecule has 0 spiro atoms. The van der Waals surface area contributed by atoms with Crippen molar-refractivity contribution < 1.29 is 9.47 Å². The van der Waals surface area contributed by atoms with Gasteiger partial charge in [0.25, 0.3) is 0 Å². The molecule has 1 aliphatic rings. The summed E-state index contributed by atoms with van der Waals surface area (Å²) in [4.78, 5) is 0. The standard InChI is InChI=1S/C10H13NO2/c1-7-2-3-9-10(13-6-12-9)8(7)4-5-11/h2-3H,4-6,11H2,1H3. The quantitative estimate of drug-likeness (QED) is 0.742. The molecule has 0 amide bonds. The summed E-state index contributed by atoms with van der Waals surface area (Å²) in [5.41, 5.74) is 7.92. The highest BCUT2D eigenvalue weighted by atomic mass is 16.7. The van der Waals surface area contributed by atoms with Crippen LogP contribution < -0.4 is 15.2 Å². The predicted octanol–water partition coefficient (Wildman–Crippen LogP) is 1.22. The second-order valence-corrected chi connectivity index (χ2v) is 3.13. The number of ether oxygens (including phenoxy) is 2. The maximum absolute atomic E-state index is 5.53. The summed E-state index contributed by atoms with van der Waals surface area (Å²) in [5, 5.41) is 0. The minimum absolute atomic E-state index is 0.330. The van der Waals surface area contributed by atoms with Crippen LogP contribution in [-0.4, -0.2) is 13.3 Å². The smallest absolute Gasteiger partial charge is 0.231 e. The third kappa shape index (κ3) is 1.35. The Kier molecular flexibility index (Phi) is 2.10. The number of aryl methyl sites for hydroxylation is 1. The third-order valence-corrected chi connectivity index (χ3v) is 2.27. The summed E-state index contributed by atoms with van der Waals surface area (Å²) in [7, 11) is 0. The van der Waals surface area contributed by atoms with Gasteiger partial charge in [-0.25, -0.2) is 0 Å². The van der Waals surface area contributed by atoms with Crippen molar-refractivity contribution in [3.8, 4) is 11.5 Å². The fourth-order valence-corrected chi connectivity index (χ4v) is 1.58. The molecule has 0 aliphatic carbocycles. The monoisotopic (exact) mass is 179 g/mol. The molecular weight excluding hydrogens is 166 g/mol. The predicted molar refractivity (Wildman–Crippen MR) is 50.1 cm³/mol. The fraction of sp³-hybridized carbons (Fsp3) is 0.400. The van der Waals surface area contributed by atoms with Crippen LogP contribution in [0.2, 0.25) is 0 Å². The van der Waals surface area contributed by atoms with Crippen LogP contribution >= 0.6 is 0 Å². The highest BCUT2D eigenvalue weighted by Gasteiger charge is 2.18. The van der Waals surface area contributed by atoms with Gasteiger partial charge in [-0.15, -0.1) is 0 Å². The molecule has 3 nitrogen and oxygen atoms in total. The van der Waals surface area contributed by atoms with E-state index >= 15 is 0 Å². The zero-order valence-corrected chi connectivity index (χ0v) is 7.67. The van der Waals surface area contributed by atoms with Crippen LogP contribution in [0.5, 0.6) is 11.5 Å². The van der Waals surface area contributed by atoms with Gasteiger partial charge in [-0.05, 0) is 31.5 Å². The zero-order chi connectivity index (χ0) is 9.26. The van der Waals surface area contributed by atoms with E-state index in [9.17, 15) is 0 Å². The molecule has 1 aliphatic heterocycles. The fourth-order valence-electron chi connectivity index (χ4n) is 1.58. The van der Waals surface area contributed by atoms with Gasteiger partial charge >= 0.3 is 0 Å². The van der Waals surface area contributed by atoms with Gasteiger partial charge in [0.05, 0.1) is 0 Å². The second-order valence-electron chi connectivity index (χ2n) is 3.13. The molecule has 0 fully saturated rings. The van der Waals surface area contributed by atoms with Crippen LogP contribution in [0.25, 0.3) is 0 Å². The summed E-state index contributed by atoms with van der Waals surface area (Å²) in [6, 6.07) is 3.98. The molecule has 0 saturated carbocycles. The van der Waals surface area contributed by atoms with Crippen LogP contribution in [0.15, 0.2) is 12.1 Å².